The molecule has 3 aliphatic rings. The molecule has 3 fully saturated rings. The summed E-state index contributed by atoms with van der Waals surface area (Å²) in [7, 11) is 0. The van der Waals surface area contributed by atoms with E-state index < -0.39 is 12.3 Å². The highest BCUT2D eigenvalue weighted by Crippen LogP contribution is 2.37. The normalized spacial score (nSPS) is 18.0. The Labute approximate surface area is 400 Å². The number of esters is 1. The average molecular weight is 950 g/mol. The van der Waals surface area contributed by atoms with Crippen molar-refractivity contribution in [1.29, 1.82) is 0 Å². The van der Waals surface area contributed by atoms with Gasteiger partial charge >= 0.3 is 11.7 Å². The van der Waals surface area contributed by atoms with Crippen LogP contribution in [0.4, 0.5) is 17.1 Å². The summed E-state index contributed by atoms with van der Waals surface area (Å²) in [6.07, 6.45) is 6.26. The Kier molecular flexibility index (Phi) is 14.1. The highest BCUT2D eigenvalue weighted by Gasteiger charge is 2.45. The Morgan fingerprint density at radius 1 is 0.851 bits per heavy atom. The second-order valence-electron chi connectivity index (χ2n) is 17.4. The van der Waals surface area contributed by atoms with Crippen molar-refractivity contribution in [2.24, 2.45) is 0 Å². The number of carbonyl (C=O) groups is 1. The van der Waals surface area contributed by atoms with Crippen molar-refractivity contribution < 1.29 is 28.2 Å². The topological polar surface area (TPSA) is 120 Å². The van der Waals surface area contributed by atoms with E-state index in [-0.39, 0.29) is 5.69 Å². The summed E-state index contributed by atoms with van der Waals surface area (Å²) in [4.78, 5) is 34.8. The van der Waals surface area contributed by atoms with Crippen LogP contribution in [0.15, 0.2) is 115 Å². The maximum atomic E-state index is 13.1. The van der Waals surface area contributed by atoms with Gasteiger partial charge in [0.15, 0.2) is 19.6 Å². The van der Waals surface area contributed by atoms with Crippen LogP contribution in [-0.2, 0) is 22.6 Å². The molecule has 0 radical (unpaired) electrons. The Morgan fingerprint density at radius 2 is 1.52 bits per heavy atom. The van der Waals surface area contributed by atoms with Crippen LogP contribution in [0.2, 0.25) is 10.0 Å². The second kappa shape index (κ2) is 20.5. The molecule has 0 spiro atoms. The van der Waals surface area contributed by atoms with Crippen molar-refractivity contribution in [3.8, 4) is 17.2 Å². The summed E-state index contributed by atoms with van der Waals surface area (Å²) in [6, 6.07) is 29.6. The number of benzene rings is 4. The molecule has 6 aromatic rings. The van der Waals surface area contributed by atoms with Crippen molar-refractivity contribution >= 4 is 46.2 Å². The van der Waals surface area contributed by atoms with Gasteiger partial charge < -0.3 is 28.7 Å². The minimum Gasteiger partial charge on any atom is -0.445 e. The number of hydrazine groups is 1. The van der Waals surface area contributed by atoms with Crippen LogP contribution >= 0.6 is 23.2 Å². The third-order valence-electron chi connectivity index (χ3n) is 12.5. The van der Waals surface area contributed by atoms with Crippen LogP contribution < -0.4 is 30.0 Å². The lowest BCUT2D eigenvalue weighted by Crippen LogP contribution is -2.49. The second-order valence-corrected chi connectivity index (χ2v) is 18.3. The molecule has 3 aliphatic heterocycles. The Hall–Kier alpha value is -5.94. The third kappa shape index (κ3) is 10.6. The molecule has 0 amide bonds. The zero-order valence-corrected chi connectivity index (χ0v) is 39.6. The lowest BCUT2D eigenvalue weighted by Gasteiger charge is -2.37. The molecule has 4 aromatic carbocycles. The number of rotatable bonds is 16. The fourth-order valence-electron chi connectivity index (χ4n) is 9.13. The smallest absolute Gasteiger partial charge is 0.350 e. The number of pyridine rings is 1. The van der Waals surface area contributed by atoms with E-state index in [1.165, 1.54) is 10.9 Å². The average Bonchev–Trinajstić information content (AvgIpc) is 4.08. The first-order valence-electron chi connectivity index (χ1n) is 22.8. The van der Waals surface area contributed by atoms with Gasteiger partial charge in [-0.25, -0.2) is 23.8 Å². The predicted molar refractivity (Wildman–Crippen MR) is 259 cm³/mol. The monoisotopic (exact) mass is 948 g/mol. The van der Waals surface area contributed by atoms with E-state index in [0.29, 0.717) is 78.8 Å². The van der Waals surface area contributed by atoms with Crippen molar-refractivity contribution in [1.82, 2.24) is 24.3 Å². The quantitative estimate of drug-likeness (QED) is 0.0531. The number of aryl methyl sites for hydroxylation is 3. The van der Waals surface area contributed by atoms with Gasteiger partial charge in [0.1, 0.15) is 24.4 Å². The molecule has 1 unspecified atom stereocenters. The summed E-state index contributed by atoms with van der Waals surface area (Å²) in [5.41, 5.74) is 6.92. The Balaban J connectivity index is 0.901. The minimum atomic E-state index is -0.455. The Morgan fingerprint density at radius 3 is 2.16 bits per heavy atom. The minimum absolute atomic E-state index is 0.113. The van der Waals surface area contributed by atoms with Crippen LogP contribution in [0, 0.1) is 13.8 Å². The van der Waals surface area contributed by atoms with Crippen LogP contribution in [0.1, 0.15) is 46.8 Å². The zero-order chi connectivity index (χ0) is 46.5. The van der Waals surface area contributed by atoms with Crippen molar-refractivity contribution in [3.63, 3.8) is 0 Å². The molecule has 0 N–H and O–H groups in total. The van der Waals surface area contributed by atoms with E-state index in [4.69, 9.17) is 42.1 Å². The third-order valence-corrected chi connectivity index (χ3v) is 13.1. The number of unbranched alkanes of at least 4 members (excludes halogenated alkanes) is 1. The number of aromatic nitrogens is 4. The molecule has 0 saturated carbocycles. The molecule has 17 heteroatoms. The van der Waals surface area contributed by atoms with Gasteiger partial charge in [0.05, 0.1) is 41.7 Å². The number of ether oxygens (including phenoxy) is 4. The summed E-state index contributed by atoms with van der Waals surface area (Å²) >= 11 is 13.3. The summed E-state index contributed by atoms with van der Waals surface area (Å²) in [5.74, 6) is 0.839. The van der Waals surface area contributed by atoms with Gasteiger partial charge in [0.2, 0.25) is 6.73 Å². The molecule has 2 aromatic heterocycles. The van der Waals surface area contributed by atoms with E-state index in [9.17, 15) is 9.59 Å². The first-order valence-corrected chi connectivity index (χ1v) is 23.6. The highest BCUT2D eigenvalue weighted by atomic mass is 35.5. The van der Waals surface area contributed by atoms with E-state index >= 15 is 0 Å². The first kappa shape index (κ1) is 46.2. The molecule has 0 bridgehead atoms. The maximum absolute atomic E-state index is 13.1. The SMILES string of the molecule is CCCCn1ncn(-c2ccc(N3CCN(c4ccc(OC[N+]5(Cc6cc(C)c(OC(=O)c7cccnc7)c(C)c6)CN(CC6OCCO6)N(c6ccc(Cl)cc6Cl)C5)cc4)CC3)cc2)c1=O. The molecule has 15 nitrogen and oxygen atoms in total. The van der Waals surface area contributed by atoms with Crippen LogP contribution in [0.25, 0.3) is 5.69 Å². The zero-order valence-electron chi connectivity index (χ0n) is 38.1. The van der Waals surface area contributed by atoms with E-state index in [0.717, 1.165) is 84.2 Å². The number of quaternary nitrogens is 1. The number of piperazine rings is 1. The predicted octanol–water partition coefficient (Wildman–Crippen LogP) is 8.08. The van der Waals surface area contributed by atoms with Gasteiger partial charge in [-0.05, 0) is 122 Å². The number of carbonyl (C=O) groups excluding carboxylic acids is 1. The number of nitrogens with zero attached hydrogens (tertiary/aromatic N) is 9. The highest BCUT2D eigenvalue weighted by molar-refractivity contribution is 6.36. The summed E-state index contributed by atoms with van der Waals surface area (Å²) < 4.78 is 28.2. The number of anilines is 3. The van der Waals surface area contributed by atoms with Crippen molar-refractivity contribution in [3.05, 3.63) is 152 Å². The van der Waals surface area contributed by atoms with Gasteiger partial charge in [-0.15, -0.1) is 0 Å². The number of halogens is 2. The molecule has 0 aliphatic carbocycles. The lowest BCUT2D eigenvalue weighted by molar-refractivity contribution is -0.948. The molecular weight excluding hydrogens is 894 g/mol. The largest absolute Gasteiger partial charge is 0.445 e. The van der Waals surface area contributed by atoms with Gasteiger partial charge in [0, 0.05) is 67.1 Å². The van der Waals surface area contributed by atoms with E-state index in [2.05, 4.69) is 73.2 Å². The van der Waals surface area contributed by atoms with Gasteiger partial charge in [-0.3, -0.25) is 9.47 Å². The van der Waals surface area contributed by atoms with Crippen LogP contribution in [0.5, 0.6) is 11.5 Å². The van der Waals surface area contributed by atoms with Crippen molar-refractivity contribution in [2.45, 2.75) is 53.0 Å². The van der Waals surface area contributed by atoms with Gasteiger partial charge in [-0.1, -0.05) is 36.5 Å². The van der Waals surface area contributed by atoms with E-state index in [1.807, 2.05) is 50.2 Å². The van der Waals surface area contributed by atoms with Crippen LogP contribution in [-0.4, -0.2) is 107 Å². The molecule has 9 rings (SSSR count). The summed E-state index contributed by atoms with van der Waals surface area (Å²) in [5, 5.41) is 9.79. The fraction of sp³-hybridized carbons (Fsp3) is 0.360. The van der Waals surface area contributed by atoms with Crippen LogP contribution in [0.3, 0.4) is 0 Å². The molecular formula is C50H56Cl2N9O6+. The first-order chi connectivity index (χ1) is 32.5. The van der Waals surface area contributed by atoms with Gasteiger partial charge in [0.25, 0.3) is 0 Å². The molecule has 350 valence electrons. The molecule has 1 atom stereocenters. The number of hydrogen-bond acceptors (Lipinski definition) is 12. The van der Waals surface area contributed by atoms with Gasteiger partial charge in [-0.2, -0.15) is 10.1 Å². The maximum Gasteiger partial charge on any atom is 0.350 e. The molecule has 3 saturated heterocycles. The Bertz CT molecular complexity index is 2680. The fourth-order valence-corrected chi connectivity index (χ4v) is 9.64. The standard InChI is InChI=1S/C50H56Cl2N9O6/c1-4-5-19-59-50(63)58(32-54-59)43-11-9-41(10-12-43)55-20-22-56(23-21-55)42-13-15-44(16-14-42)66-35-61(31-38-26-36(2)48(37(3)27-38)67-49(62)39-7-6-18-53-29-39)33-57(30-47-64-24-25-65-47)60(34-61)46-17-8-40(51)28-45(46)52/h6-18,26-29,32,47H,4-5,19-25,30-31,33-35H2,1-3H3/q+1. The van der Waals surface area contributed by atoms with E-state index in [1.54, 1.807) is 35.3 Å². The number of hydrogen-bond donors (Lipinski definition) is 0. The summed E-state index contributed by atoms with van der Waals surface area (Å²) in [6.45, 7) is 13.7. The lowest BCUT2D eigenvalue weighted by atomic mass is 10.0. The molecule has 67 heavy (non-hydrogen) atoms. The molecule has 5 heterocycles. The van der Waals surface area contributed by atoms with Crippen molar-refractivity contribution in [2.75, 3.05) is 80.8 Å².